The monoisotopic (exact) mass is 338 g/mol. The van der Waals surface area contributed by atoms with Crippen molar-refractivity contribution in [3.05, 3.63) is 0 Å². The Morgan fingerprint density at radius 1 is 1.06 bits per heavy atom. The molecule has 1 aliphatic heterocycles. The molecule has 18 heavy (non-hydrogen) atoms. The van der Waals surface area contributed by atoms with Crippen molar-refractivity contribution in [2.75, 3.05) is 18.4 Å². The number of halogens is 1. The minimum absolute atomic E-state index is 0.123. The number of rotatable bonds is 4. The number of hydrogen-bond acceptors (Lipinski definition) is 2. The highest BCUT2D eigenvalue weighted by Crippen LogP contribution is 2.28. The second kappa shape index (κ2) is 6.68. The molecule has 0 aromatic heterocycles. The van der Waals surface area contributed by atoms with Crippen LogP contribution in [0.25, 0.3) is 0 Å². The van der Waals surface area contributed by atoms with E-state index in [1.165, 1.54) is 0 Å². The van der Waals surface area contributed by atoms with Gasteiger partial charge in [-0.05, 0) is 31.6 Å². The van der Waals surface area contributed by atoms with Gasteiger partial charge in [-0.15, -0.1) is 0 Å². The third-order valence-corrected chi connectivity index (χ3v) is 6.54. The Hall–Kier alpha value is 0.350. The predicted octanol–water partition coefficient (Wildman–Crippen LogP) is 2.26. The van der Waals surface area contributed by atoms with Crippen molar-refractivity contribution < 1.29 is 8.42 Å². The third-order valence-electron chi connectivity index (χ3n) is 4.06. The van der Waals surface area contributed by atoms with Crippen LogP contribution in [0, 0.1) is 5.92 Å². The van der Waals surface area contributed by atoms with Gasteiger partial charge in [-0.1, -0.05) is 35.2 Å². The normalized spacial score (nSPS) is 31.4. The largest absolute Gasteiger partial charge is 0.279 e. The zero-order valence-corrected chi connectivity index (χ0v) is 13.2. The molecule has 4 nitrogen and oxygen atoms in total. The van der Waals surface area contributed by atoms with E-state index in [0.29, 0.717) is 19.0 Å². The van der Waals surface area contributed by atoms with Gasteiger partial charge in [0.2, 0.25) is 0 Å². The zero-order valence-electron chi connectivity index (χ0n) is 10.8. The molecule has 2 rings (SSSR count). The van der Waals surface area contributed by atoms with Crippen LogP contribution in [0.2, 0.25) is 0 Å². The van der Waals surface area contributed by atoms with Crippen molar-refractivity contribution in [2.24, 2.45) is 5.92 Å². The SMILES string of the molecule is O=S(=O)(NC1CCCC1CBr)N1CCCCCC1. The second-order valence-electron chi connectivity index (χ2n) is 5.39. The summed E-state index contributed by atoms with van der Waals surface area (Å²) >= 11 is 3.48. The number of nitrogens with zero attached hydrogens (tertiary/aromatic N) is 1. The molecule has 1 saturated carbocycles. The quantitative estimate of drug-likeness (QED) is 0.799. The minimum atomic E-state index is -3.27. The zero-order chi connectivity index (χ0) is 13.0. The summed E-state index contributed by atoms with van der Waals surface area (Å²) in [4.78, 5) is 0. The molecule has 1 saturated heterocycles. The van der Waals surface area contributed by atoms with Crippen LogP contribution in [0.5, 0.6) is 0 Å². The molecule has 1 heterocycles. The van der Waals surface area contributed by atoms with Crippen LogP contribution in [0.3, 0.4) is 0 Å². The Labute approximate surface area is 119 Å². The maximum atomic E-state index is 12.4. The van der Waals surface area contributed by atoms with Gasteiger partial charge in [-0.2, -0.15) is 17.4 Å². The van der Waals surface area contributed by atoms with E-state index >= 15 is 0 Å². The molecule has 2 atom stereocenters. The van der Waals surface area contributed by atoms with Gasteiger partial charge in [-0.3, -0.25) is 0 Å². The van der Waals surface area contributed by atoms with Crippen molar-refractivity contribution >= 4 is 26.1 Å². The summed E-state index contributed by atoms with van der Waals surface area (Å²) in [5.41, 5.74) is 0. The highest BCUT2D eigenvalue weighted by Gasteiger charge is 2.32. The first-order chi connectivity index (χ1) is 8.63. The molecular formula is C12H23BrN2O2S. The van der Waals surface area contributed by atoms with Crippen molar-refractivity contribution in [2.45, 2.75) is 51.0 Å². The van der Waals surface area contributed by atoms with Gasteiger partial charge in [0.15, 0.2) is 0 Å². The summed E-state index contributed by atoms with van der Waals surface area (Å²) in [6.45, 7) is 1.36. The lowest BCUT2D eigenvalue weighted by molar-refractivity contribution is 0.396. The number of alkyl halides is 1. The topological polar surface area (TPSA) is 49.4 Å². The van der Waals surface area contributed by atoms with E-state index in [9.17, 15) is 8.42 Å². The van der Waals surface area contributed by atoms with E-state index in [1.807, 2.05) is 0 Å². The van der Waals surface area contributed by atoms with Gasteiger partial charge >= 0.3 is 0 Å². The first-order valence-electron chi connectivity index (χ1n) is 6.97. The first-order valence-corrected chi connectivity index (χ1v) is 9.53. The second-order valence-corrected chi connectivity index (χ2v) is 7.74. The van der Waals surface area contributed by atoms with Crippen LogP contribution in [-0.4, -0.2) is 37.2 Å². The minimum Gasteiger partial charge on any atom is -0.199 e. The summed E-state index contributed by atoms with van der Waals surface area (Å²) in [5.74, 6) is 0.451. The molecule has 0 spiro atoms. The lowest BCUT2D eigenvalue weighted by Crippen LogP contribution is -2.47. The Kier molecular flexibility index (Phi) is 5.47. The smallest absolute Gasteiger partial charge is 0.199 e. The van der Waals surface area contributed by atoms with Crippen molar-refractivity contribution in [3.63, 3.8) is 0 Å². The van der Waals surface area contributed by atoms with E-state index < -0.39 is 10.2 Å². The fourth-order valence-electron chi connectivity index (χ4n) is 2.92. The Bertz CT molecular complexity index is 353. The van der Waals surface area contributed by atoms with Crippen LogP contribution in [0.4, 0.5) is 0 Å². The predicted molar refractivity (Wildman–Crippen MR) is 77.0 cm³/mol. The molecular weight excluding hydrogens is 316 g/mol. The standard InChI is InChI=1S/C12H23BrN2O2S/c13-10-11-6-5-7-12(11)14-18(16,17)15-8-3-1-2-4-9-15/h11-12,14H,1-10H2. The van der Waals surface area contributed by atoms with Gasteiger partial charge < -0.3 is 0 Å². The van der Waals surface area contributed by atoms with E-state index in [-0.39, 0.29) is 6.04 Å². The van der Waals surface area contributed by atoms with E-state index in [4.69, 9.17) is 0 Å². The van der Waals surface area contributed by atoms with Crippen molar-refractivity contribution in [1.82, 2.24) is 9.03 Å². The molecule has 0 aromatic rings. The fourth-order valence-corrected chi connectivity index (χ4v) is 5.28. The van der Waals surface area contributed by atoms with Gasteiger partial charge in [0, 0.05) is 24.5 Å². The van der Waals surface area contributed by atoms with Gasteiger partial charge in [0.1, 0.15) is 0 Å². The lowest BCUT2D eigenvalue weighted by atomic mass is 10.1. The highest BCUT2D eigenvalue weighted by atomic mass is 79.9. The molecule has 0 bridgehead atoms. The van der Waals surface area contributed by atoms with Crippen LogP contribution >= 0.6 is 15.9 Å². The summed E-state index contributed by atoms with van der Waals surface area (Å²) in [6, 6.07) is 0.123. The third kappa shape index (κ3) is 3.68. The molecule has 1 aliphatic carbocycles. The summed E-state index contributed by atoms with van der Waals surface area (Å²) in [6.07, 6.45) is 7.52. The molecule has 1 N–H and O–H groups in total. The Balaban J connectivity index is 1.97. The van der Waals surface area contributed by atoms with Crippen LogP contribution in [0.1, 0.15) is 44.9 Å². The van der Waals surface area contributed by atoms with Gasteiger partial charge in [0.05, 0.1) is 0 Å². The van der Waals surface area contributed by atoms with Gasteiger partial charge in [-0.25, -0.2) is 0 Å². The molecule has 2 fully saturated rings. The Morgan fingerprint density at radius 2 is 1.72 bits per heavy atom. The number of hydrogen-bond donors (Lipinski definition) is 1. The summed E-state index contributed by atoms with van der Waals surface area (Å²) in [7, 11) is -3.27. The summed E-state index contributed by atoms with van der Waals surface area (Å²) < 4.78 is 29.3. The average molecular weight is 339 g/mol. The maximum Gasteiger partial charge on any atom is 0.279 e. The van der Waals surface area contributed by atoms with E-state index in [2.05, 4.69) is 20.7 Å². The van der Waals surface area contributed by atoms with E-state index in [1.54, 1.807) is 4.31 Å². The van der Waals surface area contributed by atoms with Crippen LogP contribution < -0.4 is 4.72 Å². The first kappa shape index (κ1) is 14.8. The van der Waals surface area contributed by atoms with Crippen molar-refractivity contribution in [1.29, 1.82) is 0 Å². The van der Waals surface area contributed by atoms with Crippen molar-refractivity contribution in [3.8, 4) is 0 Å². The fraction of sp³-hybridized carbons (Fsp3) is 1.00. The molecule has 0 aromatic carbocycles. The lowest BCUT2D eigenvalue weighted by Gasteiger charge is -2.25. The van der Waals surface area contributed by atoms with E-state index in [0.717, 1.165) is 50.3 Å². The molecule has 106 valence electrons. The molecule has 0 amide bonds. The molecule has 2 unspecified atom stereocenters. The van der Waals surface area contributed by atoms with Crippen LogP contribution in [0.15, 0.2) is 0 Å². The maximum absolute atomic E-state index is 12.4. The Morgan fingerprint density at radius 3 is 2.33 bits per heavy atom. The average Bonchev–Trinajstić information content (AvgIpc) is 2.62. The highest BCUT2D eigenvalue weighted by molar-refractivity contribution is 9.09. The number of nitrogens with one attached hydrogen (secondary N) is 1. The van der Waals surface area contributed by atoms with Gasteiger partial charge in [0.25, 0.3) is 10.2 Å². The molecule has 6 heteroatoms. The molecule has 2 aliphatic rings. The summed E-state index contributed by atoms with van der Waals surface area (Å²) in [5, 5.41) is 0.889. The van der Waals surface area contributed by atoms with Crippen LogP contribution in [-0.2, 0) is 10.2 Å². The molecule has 0 radical (unpaired) electrons.